The lowest BCUT2D eigenvalue weighted by atomic mass is 10.0. The van der Waals surface area contributed by atoms with E-state index in [1.54, 1.807) is 4.68 Å². The number of tetrazole rings is 1. The normalized spacial score (nSPS) is 10.7. The highest BCUT2D eigenvalue weighted by Crippen LogP contribution is 2.25. The maximum absolute atomic E-state index is 5.91. The summed E-state index contributed by atoms with van der Waals surface area (Å²) in [6.07, 6.45) is 0. The van der Waals surface area contributed by atoms with Gasteiger partial charge < -0.3 is 5.73 Å². The number of benzene rings is 1. The number of aromatic nitrogens is 4. The molecule has 0 amide bonds. The summed E-state index contributed by atoms with van der Waals surface area (Å²) in [5, 5.41) is 11.6. The molecule has 0 saturated carbocycles. The van der Waals surface area contributed by atoms with Crippen molar-refractivity contribution < 1.29 is 0 Å². The molecule has 2 N–H and O–H groups in total. The van der Waals surface area contributed by atoms with Gasteiger partial charge in [0.2, 0.25) is 0 Å². The first-order valence-corrected chi connectivity index (χ1v) is 5.26. The molecule has 0 bridgehead atoms. The summed E-state index contributed by atoms with van der Waals surface area (Å²) in [5.74, 6) is 0.770. The molecule has 0 aliphatic rings. The zero-order chi connectivity index (χ0) is 11.7. The highest BCUT2D eigenvalue weighted by molar-refractivity contribution is 5.67. The Labute approximate surface area is 94.3 Å². The number of aryl methyl sites for hydroxylation is 3. The van der Waals surface area contributed by atoms with E-state index in [2.05, 4.69) is 21.6 Å². The van der Waals surface area contributed by atoms with Gasteiger partial charge in [-0.1, -0.05) is 6.07 Å². The average molecular weight is 217 g/mol. The van der Waals surface area contributed by atoms with E-state index < -0.39 is 0 Å². The maximum Gasteiger partial charge on any atom is 0.182 e. The van der Waals surface area contributed by atoms with E-state index in [0.717, 1.165) is 34.7 Å². The van der Waals surface area contributed by atoms with Gasteiger partial charge in [-0.15, -0.1) is 5.10 Å². The SMILES string of the molecule is CCn1nnnc1-c1cc(N)c(C)cc1C. The quantitative estimate of drug-likeness (QED) is 0.775. The lowest BCUT2D eigenvalue weighted by Crippen LogP contribution is -2.02. The van der Waals surface area contributed by atoms with E-state index >= 15 is 0 Å². The smallest absolute Gasteiger partial charge is 0.182 e. The molecule has 0 radical (unpaired) electrons. The number of hydrogen-bond acceptors (Lipinski definition) is 4. The molecule has 16 heavy (non-hydrogen) atoms. The van der Waals surface area contributed by atoms with Gasteiger partial charge in [0, 0.05) is 17.8 Å². The van der Waals surface area contributed by atoms with Crippen molar-refractivity contribution in [2.75, 3.05) is 5.73 Å². The van der Waals surface area contributed by atoms with E-state index in [9.17, 15) is 0 Å². The van der Waals surface area contributed by atoms with Gasteiger partial charge in [0.15, 0.2) is 5.82 Å². The van der Waals surface area contributed by atoms with Crippen molar-refractivity contribution >= 4 is 5.69 Å². The fourth-order valence-corrected chi connectivity index (χ4v) is 1.72. The molecule has 0 aliphatic heterocycles. The molecule has 0 saturated heterocycles. The highest BCUT2D eigenvalue weighted by atomic mass is 15.5. The molecule has 1 aromatic carbocycles. The summed E-state index contributed by atoms with van der Waals surface area (Å²) in [7, 11) is 0. The van der Waals surface area contributed by atoms with Gasteiger partial charge in [-0.25, -0.2) is 4.68 Å². The number of rotatable bonds is 2. The van der Waals surface area contributed by atoms with Crippen LogP contribution >= 0.6 is 0 Å². The Morgan fingerprint density at radius 3 is 2.69 bits per heavy atom. The Kier molecular flexibility index (Phi) is 2.60. The molecule has 5 nitrogen and oxygen atoms in total. The van der Waals surface area contributed by atoms with E-state index in [-0.39, 0.29) is 0 Å². The minimum atomic E-state index is 0.746. The Bertz CT molecular complexity index is 515. The molecule has 84 valence electrons. The molecule has 1 heterocycles. The van der Waals surface area contributed by atoms with Gasteiger partial charge in [-0.05, 0) is 48.4 Å². The Morgan fingerprint density at radius 2 is 2.00 bits per heavy atom. The third-order valence-corrected chi connectivity index (χ3v) is 2.69. The van der Waals surface area contributed by atoms with Crippen LogP contribution in [0.2, 0.25) is 0 Å². The molecule has 1 aromatic heterocycles. The van der Waals surface area contributed by atoms with Crippen LogP contribution in [0.25, 0.3) is 11.4 Å². The number of anilines is 1. The van der Waals surface area contributed by atoms with Crippen LogP contribution in [0.4, 0.5) is 5.69 Å². The number of nitrogens with two attached hydrogens (primary N) is 1. The van der Waals surface area contributed by atoms with Crippen LogP contribution in [-0.2, 0) is 6.54 Å². The third kappa shape index (κ3) is 1.64. The third-order valence-electron chi connectivity index (χ3n) is 2.69. The van der Waals surface area contributed by atoms with Crippen LogP contribution in [0.15, 0.2) is 12.1 Å². The lowest BCUT2D eigenvalue weighted by Gasteiger charge is -2.08. The van der Waals surface area contributed by atoms with Crippen molar-refractivity contribution in [1.82, 2.24) is 20.2 Å². The van der Waals surface area contributed by atoms with Crippen LogP contribution in [0.5, 0.6) is 0 Å². The molecular weight excluding hydrogens is 202 g/mol. The number of nitrogens with zero attached hydrogens (tertiary/aromatic N) is 4. The van der Waals surface area contributed by atoms with Gasteiger partial charge in [0.25, 0.3) is 0 Å². The van der Waals surface area contributed by atoms with Gasteiger partial charge in [-0.2, -0.15) is 0 Å². The van der Waals surface area contributed by atoms with Crippen molar-refractivity contribution in [3.63, 3.8) is 0 Å². The number of nitrogen functional groups attached to an aromatic ring is 1. The monoisotopic (exact) mass is 217 g/mol. The zero-order valence-electron chi connectivity index (χ0n) is 9.73. The molecule has 0 atom stereocenters. The van der Waals surface area contributed by atoms with Crippen LogP contribution in [0, 0.1) is 13.8 Å². The van der Waals surface area contributed by atoms with E-state index in [4.69, 9.17) is 5.73 Å². The Balaban J connectivity index is 2.60. The summed E-state index contributed by atoms with van der Waals surface area (Å²) in [6.45, 7) is 6.79. The molecule has 0 aliphatic carbocycles. The highest BCUT2D eigenvalue weighted by Gasteiger charge is 2.11. The molecule has 2 rings (SSSR count). The van der Waals surface area contributed by atoms with Crippen LogP contribution in [-0.4, -0.2) is 20.2 Å². The average Bonchev–Trinajstić information content (AvgIpc) is 2.71. The van der Waals surface area contributed by atoms with Crippen LogP contribution < -0.4 is 5.73 Å². The van der Waals surface area contributed by atoms with Gasteiger partial charge in [0.05, 0.1) is 0 Å². The standard InChI is InChI=1S/C11H15N5/c1-4-16-11(13-14-15-16)9-6-10(12)8(3)5-7(9)2/h5-6H,4,12H2,1-3H3. The van der Waals surface area contributed by atoms with Gasteiger partial charge in [-0.3, -0.25) is 0 Å². The minimum Gasteiger partial charge on any atom is -0.398 e. The zero-order valence-corrected chi connectivity index (χ0v) is 9.73. The fourth-order valence-electron chi connectivity index (χ4n) is 1.72. The first-order chi connectivity index (χ1) is 7.63. The topological polar surface area (TPSA) is 69.6 Å². The van der Waals surface area contributed by atoms with Crippen molar-refractivity contribution in [2.24, 2.45) is 0 Å². The fraction of sp³-hybridized carbons (Fsp3) is 0.364. The molecule has 0 unspecified atom stereocenters. The molecule has 0 spiro atoms. The Hall–Kier alpha value is -1.91. The summed E-state index contributed by atoms with van der Waals surface area (Å²) in [4.78, 5) is 0. The van der Waals surface area contributed by atoms with E-state index in [0.29, 0.717) is 0 Å². The van der Waals surface area contributed by atoms with Crippen molar-refractivity contribution in [3.8, 4) is 11.4 Å². The van der Waals surface area contributed by atoms with Gasteiger partial charge >= 0.3 is 0 Å². The van der Waals surface area contributed by atoms with Gasteiger partial charge in [0.1, 0.15) is 0 Å². The first-order valence-electron chi connectivity index (χ1n) is 5.26. The first kappa shape index (κ1) is 10.6. The summed E-state index contributed by atoms with van der Waals surface area (Å²) >= 11 is 0. The summed E-state index contributed by atoms with van der Waals surface area (Å²) in [6, 6.07) is 3.99. The molecule has 0 fully saturated rings. The molecule has 5 heteroatoms. The summed E-state index contributed by atoms with van der Waals surface area (Å²) in [5.41, 5.74) is 9.89. The second kappa shape index (κ2) is 3.92. The second-order valence-electron chi connectivity index (χ2n) is 3.84. The van der Waals surface area contributed by atoms with Crippen molar-refractivity contribution in [3.05, 3.63) is 23.3 Å². The van der Waals surface area contributed by atoms with Crippen LogP contribution in [0.1, 0.15) is 18.1 Å². The lowest BCUT2D eigenvalue weighted by molar-refractivity contribution is 0.631. The van der Waals surface area contributed by atoms with Crippen molar-refractivity contribution in [1.29, 1.82) is 0 Å². The van der Waals surface area contributed by atoms with E-state index in [1.165, 1.54) is 0 Å². The predicted octanol–water partition coefficient (Wildman–Crippen LogP) is 1.56. The maximum atomic E-state index is 5.91. The molecular formula is C11H15N5. The van der Waals surface area contributed by atoms with Crippen LogP contribution in [0.3, 0.4) is 0 Å². The van der Waals surface area contributed by atoms with Crippen molar-refractivity contribution in [2.45, 2.75) is 27.3 Å². The molecule has 2 aromatic rings. The number of hydrogen-bond donors (Lipinski definition) is 1. The Morgan fingerprint density at radius 1 is 1.25 bits per heavy atom. The van der Waals surface area contributed by atoms with E-state index in [1.807, 2.05) is 26.8 Å². The largest absolute Gasteiger partial charge is 0.398 e. The minimum absolute atomic E-state index is 0.746. The summed E-state index contributed by atoms with van der Waals surface area (Å²) < 4.78 is 1.76. The predicted molar refractivity (Wildman–Crippen MR) is 62.8 cm³/mol. The second-order valence-corrected chi connectivity index (χ2v) is 3.84.